The molecule has 1 aromatic rings. The van der Waals surface area contributed by atoms with E-state index in [2.05, 4.69) is 5.32 Å². The summed E-state index contributed by atoms with van der Waals surface area (Å²) in [4.78, 5) is 23.0. The van der Waals surface area contributed by atoms with Gasteiger partial charge in [-0.3, -0.25) is 9.59 Å². The van der Waals surface area contributed by atoms with Crippen molar-refractivity contribution in [2.45, 2.75) is 39.0 Å². The summed E-state index contributed by atoms with van der Waals surface area (Å²) >= 11 is 0. The smallest absolute Gasteiger partial charge is 0.306 e. The third-order valence-electron chi connectivity index (χ3n) is 3.50. The maximum absolute atomic E-state index is 12.8. The minimum atomic E-state index is -3.77. The molecule has 1 aromatic carbocycles. The van der Waals surface area contributed by atoms with Crippen LogP contribution in [0.25, 0.3) is 0 Å². The minimum Gasteiger partial charge on any atom is -0.492 e. The zero-order valence-corrected chi connectivity index (χ0v) is 16.4. The first-order chi connectivity index (χ1) is 12.3. The van der Waals surface area contributed by atoms with E-state index in [4.69, 9.17) is 9.47 Å². The Morgan fingerprint density at radius 2 is 1.77 bits per heavy atom. The Hall–Kier alpha value is -2.13. The molecule has 0 atom stereocenters. The number of carbonyl (C=O) groups is 2. The maximum Gasteiger partial charge on any atom is 0.306 e. The average Bonchev–Trinajstić information content (AvgIpc) is 2.61. The van der Waals surface area contributed by atoms with E-state index in [1.54, 1.807) is 27.7 Å². The molecule has 0 unspecified atom stereocenters. The third-order valence-corrected chi connectivity index (χ3v) is 5.57. The van der Waals surface area contributed by atoms with Crippen molar-refractivity contribution in [1.82, 2.24) is 4.31 Å². The highest BCUT2D eigenvalue weighted by Gasteiger charge is 2.26. The number of benzene rings is 1. The van der Waals surface area contributed by atoms with E-state index in [-0.39, 0.29) is 22.8 Å². The largest absolute Gasteiger partial charge is 0.492 e. The Labute approximate surface area is 154 Å². The fraction of sp³-hybridized carbons (Fsp3) is 0.529. The van der Waals surface area contributed by atoms with E-state index in [0.717, 1.165) is 0 Å². The highest BCUT2D eigenvalue weighted by atomic mass is 32.2. The molecule has 1 rings (SSSR count). The van der Waals surface area contributed by atoms with Crippen LogP contribution in [0, 0.1) is 0 Å². The molecule has 0 aliphatic heterocycles. The van der Waals surface area contributed by atoms with Gasteiger partial charge < -0.3 is 14.8 Å². The van der Waals surface area contributed by atoms with Gasteiger partial charge in [0, 0.05) is 25.2 Å². The molecule has 0 spiro atoms. The van der Waals surface area contributed by atoms with Crippen LogP contribution in [0.1, 0.15) is 34.1 Å². The normalized spacial score (nSPS) is 11.3. The first-order valence-electron chi connectivity index (χ1n) is 8.52. The van der Waals surface area contributed by atoms with Gasteiger partial charge in [-0.15, -0.1) is 0 Å². The lowest BCUT2D eigenvalue weighted by molar-refractivity contribution is -0.146. The van der Waals surface area contributed by atoms with Crippen molar-refractivity contribution in [3.8, 4) is 5.75 Å². The number of esters is 1. The molecule has 9 heteroatoms. The molecule has 0 radical (unpaired) electrons. The summed E-state index contributed by atoms with van der Waals surface area (Å²) in [5.41, 5.74) is 0.275. The van der Waals surface area contributed by atoms with Crippen LogP contribution in [0.4, 0.5) is 5.69 Å². The number of carbonyl (C=O) groups excluding carboxylic acids is 2. The van der Waals surface area contributed by atoms with Crippen LogP contribution in [0.3, 0.4) is 0 Å². The lowest BCUT2D eigenvalue weighted by Crippen LogP contribution is -2.31. The lowest BCUT2D eigenvalue weighted by Gasteiger charge is -2.21. The van der Waals surface area contributed by atoms with Crippen LogP contribution < -0.4 is 10.1 Å². The van der Waals surface area contributed by atoms with Crippen LogP contribution >= 0.6 is 0 Å². The molecular weight excluding hydrogens is 360 g/mol. The fourth-order valence-electron chi connectivity index (χ4n) is 2.21. The van der Waals surface area contributed by atoms with E-state index in [1.807, 2.05) is 0 Å². The first-order valence-corrected chi connectivity index (χ1v) is 9.96. The number of rotatable bonds is 10. The number of ether oxygens (including phenoxy) is 2. The van der Waals surface area contributed by atoms with Crippen molar-refractivity contribution >= 4 is 27.6 Å². The Morgan fingerprint density at radius 3 is 2.31 bits per heavy atom. The predicted octanol–water partition coefficient (Wildman–Crippen LogP) is 2.01. The Morgan fingerprint density at radius 1 is 1.12 bits per heavy atom. The fourth-order valence-corrected chi connectivity index (χ4v) is 3.83. The Bertz CT molecular complexity index is 729. The molecule has 1 N–H and O–H groups in total. The summed E-state index contributed by atoms with van der Waals surface area (Å²) in [6.45, 7) is 7.37. The van der Waals surface area contributed by atoms with Gasteiger partial charge in [0.15, 0.2) is 6.61 Å². The monoisotopic (exact) mass is 386 g/mol. The molecule has 1 amide bonds. The van der Waals surface area contributed by atoms with Crippen LogP contribution in [-0.2, 0) is 24.3 Å². The second-order valence-electron chi connectivity index (χ2n) is 5.25. The zero-order chi connectivity index (χ0) is 19.7. The van der Waals surface area contributed by atoms with E-state index in [0.29, 0.717) is 19.7 Å². The number of anilines is 1. The molecule has 0 saturated carbocycles. The van der Waals surface area contributed by atoms with Crippen molar-refractivity contribution < 1.29 is 27.5 Å². The predicted molar refractivity (Wildman–Crippen MR) is 97.6 cm³/mol. The molecule has 146 valence electrons. The van der Waals surface area contributed by atoms with Crippen molar-refractivity contribution in [3.63, 3.8) is 0 Å². The standard InChI is InChI=1S/C17H26N2O6S/c1-5-17(21)25-12-16(20)18-13-9-10-14(24-8-4)15(11-13)26(22,23)19(6-2)7-3/h9-11H,5-8,12H2,1-4H3,(H,18,20). The molecule has 26 heavy (non-hydrogen) atoms. The molecule has 0 aromatic heterocycles. The van der Waals surface area contributed by atoms with E-state index >= 15 is 0 Å². The van der Waals surface area contributed by atoms with Gasteiger partial charge in [-0.05, 0) is 25.1 Å². The van der Waals surface area contributed by atoms with Gasteiger partial charge in [0.05, 0.1) is 6.61 Å². The van der Waals surface area contributed by atoms with E-state index in [1.165, 1.54) is 22.5 Å². The number of hydrogen-bond acceptors (Lipinski definition) is 6. The Balaban J connectivity index is 3.11. The molecular formula is C17H26N2O6S. The summed E-state index contributed by atoms with van der Waals surface area (Å²) in [6, 6.07) is 4.37. The highest BCUT2D eigenvalue weighted by Crippen LogP contribution is 2.30. The van der Waals surface area contributed by atoms with Crippen molar-refractivity contribution in [2.24, 2.45) is 0 Å². The molecule has 0 fully saturated rings. The topological polar surface area (TPSA) is 102 Å². The molecule has 0 aliphatic carbocycles. The summed E-state index contributed by atoms with van der Waals surface area (Å²) in [5.74, 6) is -0.825. The molecule has 0 bridgehead atoms. The van der Waals surface area contributed by atoms with Gasteiger partial charge in [0.2, 0.25) is 10.0 Å². The first kappa shape index (κ1) is 21.9. The summed E-state index contributed by atoms with van der Waals surface area (Å²) < 4.78 is 37.2. The summed E-state index contributed by atoms with van der Waals surface area (Å²) in [7, 11) is -3.77. The molecule has 0 saturated heterocycles. The van der Waals surface area contributed by atoms with Gasteiger partial charge in [0.25, 0.3) is 5.91 Å². The number of amides is 1. The van der Waals surface area contributed by atoms with Crippen LogP contribution in [0.2, 0.25) is 0 Å². The van der Waals surface area contributed by atoms with Gasteiger partial charge in [-0.2, -0.15) is 4.31 Å². The van der Waals surface area contributed by atoms with Crippen molar-refractivity contribution in [3.05, 3.63) is 18.2 Å². The van der Waals surface area contributed by atoms with Gasteiger partial charge in [-0.25, -0.2) is 8.42 Å². The number of nitrogens with one attached hydrogen (secondary N) is 1. The van der Waals surface area contributed by atoms with Crippen LogP contribution in [-0.4, -0.2) is 50.9 Å². The van der Waals surface area contributed by atoms with Crippen molar-refractivity contribution in [1.29, 1.82) is 0 Å². The van der Waals surface area contributed by atoms with Gasteiger partial charge in [-0.1, -0.05) is 20.8 Å². The van der Waals surface area contributed by atoms with Crippen LogP contribution in [0.15, 0.2) is 23.1 Å². The van der Waals surface area contributed by atoms with Crippen molar-refractivity contribution in [2.75, 3.05) is 31.6 Å². The number of hydrogen-bond donors (Lipinski definition) is 1. The maximum atomic E-state index is 12.8. The quantitative estimate of drug-likeness (QED) is 0.617. The molecule has 0 heterocycles. The minimum absolute atomic E-state index is 0.0218. The number of sulfonamides is 1. The second-order valence-corrected chi connectivity index (χ2v) is 7.15. The van der Waals surface area contributed by atoms with Gasteiger partial charge in [0.1, 0.15) is 10.6 Å². The van der Waals surface area contributed by atoms with Crippen LogP contribution in [0.5, 0.6) is 5.75 Å². The summed E-state index contributed by atoms with van der Waals surface area (Å²) in [5, 5.41) is 2.52. The molecule has 0 aliphatic rings. The van der Waals surface area contributed by atoms with E-state index < -0.39 is 28.5 Å². The highest BCUT2D eigenvalue weighted by molar-refractivity contribution is 7.89. The van der Waals surface area contributed by atoms with E-state index in [9.17, 15) is 18.0 Å². The number of nitrogens with zero attached hydrogens (tertiary/aromatic N) is 1. The SMILES string of the molecule is CCOc1ccc(NC(=O)COC(=O)CC)cc1S(=O)(=O)N(CC)CC. The van der Waals surface area contributed by atoms with Gasteiger partial charge >= 0.3 is 5.97 Å². The Kier molecular flexibility index (Phi) is 8.53. The second kappa shape index (κ2) is 10.1. The third kappa shape index (κ3) is 5.70. The lowest BCUT2D eigenvalue weighted by atomic mass is 10.3. The molecule has 8 nitrogen and oxygen atoms in total. The summed E-state index contributed by atoms with van der Waals surface area (Å²) in [6.07, 6.45) is 0.169. The average molecular weight is 386 g/mol. The zero-order valence-electron chi connectivity index (χ0n) is 15.6.